The van der Waals surface area contributed by atoms with Gasteiger partial charge in [-0.25, -0.2) is 4.79 Å². The number of rotatable bonds is 9. The van der Waals surface area contributed by atoms with Crippen LogP contribution in [0.1, 0.15) is 53.1 Å². The molecule has 0 unspecified atom stereocenters. The number of methoxy groups -OCH3 is 1. The minimum absolute atomic E-state index is 0.0179. The topological polar surface area (TPSA) is 67.9 Å². The third kappa shape index (κ3) is 8.30. The fraction of sp³-hybridized carbons (Fsp3) is 0.636. The summed E-state index contributed by atoms with van der Waals surface area (Å²) >= 11 is 0. The van der Waals surface area contributed by atoms with Gasteiger partial charge in [0.15, 0.2) is 0 Å². The van der Waals surface area contributed by atoms with E-state index in [4.69, 9.17) is 9.47 Å². The highest BCUT2D eigenvalue weighted by atomic mass is 16.6. The van der Waals surface area contributed by atoms with Crippen molar-refractivity contribution in [3.63, 3.8) is 0 Å². The maximum Gasteiger partial charge on any atom is 0.408 e. The van der Waals surface area contributed by atoms with Gasteiger partial charge in [0, 0.05) is 20.2 Å². The summed E-state index contributed by atoms with van der Waals surface area (Å²) in [6.07, 6.45) is -0.534. The number of hydrogen-bond acceptors (Lipinski definition) is 4. The molecule has 2 atom stereocenters. The highest BCUT2D eigenvalue weighted by Gasteiger charge is 2.31. The Hall–Kier alpha value is -2.08. The molecule has 0 saturated heterocycles. The van der Waals surface area contributed by atoms with Gasteiger partial charge in [-0.05, 0) is 32.3 Å². The molecular formula is C22H36N2O4. The van der Waals surface area contributed by atoms with E-state index in [0.29, 0.717) is 25.6 Å². The molecule has 1 aromatic rings. The number of benzene rings is 1. The zero-order valence-corrected chi connectivity index (χ0v) is 18.3. The van der Waals surface area contributed by atoms with Gasteiger partial charge < -0.3 is 19.7 Å². The van der Waals surface area contributed by atoms with E-state index in [1.807, 2.05) is 62.9 Å². The Bertz CT molecular complexity index is 611. The van der Waals surface area contributed by atoms with Crippen molar-refractivity contribution in [1.29, 1.82) is 0 Å². The first kappa shape index (κ1) is 24.0. The van der Waals surface area contributed by atoms with Crippen LogP contribution < -0.4 is 5.32 Å². The third-order valence-electron chi connectivity index (χ3n) is 4.18. The molecular weight excluding hydrogens is 356 g/mol. The molecule has 2 amide bonds. The number of ether oxygens (including phenoxy) is 2. The van der Waals surface area contributed by atoms with Crippen molar-refractivity contribution in [2.75, 3.05) is 26.8 Å². The maximum absolute atomic E-state index is 13.2. The number of carbonyl (C=O) groups is 2. The number of alkyl carbamates (subject to hydrolysis) is 1. The smallest absolute Gasteiger partial charge is 0.408 e. The van der Waals surface area contributed by atoms with Crippen molar-refractivity contribution in [3.8, 4) is 0 Å². The second-order valence-corrected chi connectivity index (χ2v) is 8.49. The molecule has 0 radical (unpaired) electrons. The van der Waals surface area contributed by atoms with E-state index in [0.717, 1.165) is 5.56 Å². The fourth-order valence-corrected chi connectivity index (χ4v) is 2.96. The molecule has 0 aliphatic heterocycles. The lowest BCUT2D eigenvalue weighted by molar-refractivity contribution is -0.137. The fourth-order valence-electron chi connectivity index (χ4n) is 2.96. The van der Waals surface area contributed by atoms with E-state index in [-0.39, 0.29) is 5.91 Å². The van der Waals surface area contributed by atoms with Gasteiger partial charge >= 0.3 is 6.09 Å². The molecule has 0 aliphatic rings. The number of nitrogens with zero attached hydrogens (tertiary/aromatic N) is 1. The summed E-state index contributed by atoms with van der Waals surface area (Å²) in [5.74, 6) is -0.136. The van der Waals surface area contributed by atoms with Crippen LogP contribution in [0, 0.1) is 11.8 Å². The highest BCUT2D eigenvalue weighted by Crippen LogP contribution is 2.25. The lowest BCUT2D eigenvalue weighted by Crippen LogP contribution is -2.45. The van der Waals surface area contributed by atoms with Crippen LogP contribution in [0.4, 0.5) is 4.79 Å². The van der Waals surface area contributed by atoms with Crippen LogP contribution in [0.2, 0.25) is 0 Å². The van der Waals surface area contributed by atoms with Gasteiger partial charge in [-0.2, -0.15) is 0 Å². The predicted molar refractivity (Wildman–Crippen MR) is 111 cm³/mol. The van der Waals surface area contributed by atoms with Crippen LogP contribution in [0.25, 0.3) is 0 Å². The first-order valence-corrected chi connectivity index (χ1v) is 9.87. The lowest BCUT2D eigenvalue weighted by atomic mass is 9.93. The lowest BCUT2D eigenvalue weighted by Gasteiger charge is -2.32. The Morgan fingerprint density at radius 3 is 2.21 bits per heavy atom. The van der Waals surface area contributed by atoms with Gasteiger partial charge in [-0.15, -0.1) is 0 Å². The predicted octanol–water partition coefficient (Wildman–Crippen LogP) is 4.02. The van der Waals surface area contributed by atoms with Gasteiger partial charge in [0.25, 0.3) is 0 Å². The summed E-state index contributed by atoms with van der Waals surface area (Å²) in [6, 6.07) is 9.03. The monoisotopic (exact) mass is 392 g/mol. The summed E-state index contributed by atoms with van der Waals surface area (Å²) in [7, 11) is 1.62. The normalized spacial score (nSPS) is 13.7. The Morgan fingerprint density at radius 2 is 1.71 bits per heavy atom. The summed E-state index contributed by atoms with van der Waals surface area (Å²) in [5.41, 5.74) is 0.256. The maximum atomic E-state index is 13.2. The molecule has 28 heavy (non-hydrogen) atoms. The largest absolute Gasteiger partial charge is 0.444 e. The Labute approximate surface area is 169 Å². The Kier molecular flexibility index (Phi) is 9.46. The molecule has 0 aromatic heterocycles. The van der Waals surface area contributed by atoms with E-state index in [2.05, 4.69) is 19.2 Å². The zero-order chi connectivity index (χ0) is 21.3. The van der Waals surface area contributed by atoms with Crippen molar-refractivity contribution >= 4 is 12.0 Å². The second-order valence-electron chi connectivity index (χ2n) is 8.49. The summed E-state index contributed by atoms with van der Waals surface area (Å²) < 4.78 is 10.6. The van der Waals surface area contributed by atoms with Crippen LogP contribution in [-0.2, 0) is 14.3 Å². The SMILES string of the molecule is COCCN(CC(C)C)C(=O)[C@H](C)[C@@H](NC(=O)OC(C)(C)C)c1ccccc1. The van der Waals surface area contributed by atoms with E-state index >= 15 is 0 Å². The number of amides is 2. The Balaban J connectivity index is 3.06. The van der Waals surface area contributed by atoms with Crippen molar-refractivity contribution < 1.29 is 19.1 Å². The standard InChI is InChI=1S/C22H36N2O4/c1-16(2)15-24(13-14-27-7)20(25)17(3)19(18-11-9-8-10-12-18)23-21(26)28-22(4,5)6/h8-12,16-17,19H,13-15H2,1-7H3,(H,23,26)/t17-,19-/m1/s1. The van der Waals surface area contributed by atoms with Crippen molar-refractivity contribution in [1.82, 2.24) is 10.2 Å². The van der Waals surface area contributed by atoms with Crippen molar-refractivity contribution in [2.45, 2.75) is 53.2 Å². The molecule has 0 fully saturated rings. The summed E-state index contributed by atoms with van der Waals surface area (Å²) in [6.45, 7) is 13.1. The minimum Gasteiger partial charge on any atom is -0.444 e. The number of hydrogen-bond donors (Lipinski definition) is 1. The first-order valence-electron chi connectivity index (χ1n) is 9.87. The average Bonchev–Trinajstić information content (AvgIpc) is 2.61. The van der Waals surface area contributed by atoms with Crippen LogP contribution in [0.15, 0.2) is 30.3 Å². The molecule has 0 saturated carbocycles. The highest BCUT2D eigenvalue weighted by molar-refractivity contribution is 5.80. The van der Waals surface area contributed by atoms with E-state index in [1.54, 1.807) is 7.11 Å². The van der Waals surface area contributed by atoms with Crippen LogP contribution >= 0.6 is 0 Å². The zero-order valence-electron chi connectivity index (χ0n) is 18.3. The molecule has 0 heterocycles. The number of carbonyl (C=O) groups excluding carboxylic acids is 2. The van der Waals surface area contributed by atoms with Gasteiger partial charge in [0.05, 0.1) is 18.6 Å². The average molecular weight is 393 g/mol. The summed E-state index contributed by atoms with van der Waals surface area (Å²) in [4.78, 5) is 27.5. The quantitative estimate of drug-likeness (QED) is 0.689. The van der Waals surface area contributed by atoms with Crippen molar-refractivity contribution in [2.24, 2.45) is 11.8 Å². The first-order chi connectivity index (χ1) is 13.0. The molecule has 1 rings (SSSR count). The van der Waals surface area contributed by atoms with E-state index < -0.39 is 23.7 Å². The van der Waals surface area contributed by atoms with Crippen molar-refractivity contribution in [3.05, 3.63) is 35.9 Å². The van der Waals surface area contributed by atoms with Gasteiger partial charge in [-0.3, -0.25) is 4.79 Å². The second kappa shape index (κ2) is 11.1. The summed E-state index contributed by atoms with van der Waals surface area (Å²) in [5, 5.41) is 2.89. The molecule has 0 bridgehead atoms. The Morgan fingerprint density at radius 1 is 1.11 bits per heavy atom. The van der Waals surface area contributed by atoms with Gasteiger partial charge in [-0.1, -0.05) is 51.1 Å². The molecule has 158 valence electrons. The number of nitrogens with one attached hydrogen (secondary N) is 1. The molecule has 6 nitrogen and oxygen atoms in total. The molecule has 6 heteroatoms. The van der Waals surface area contributed by atoms with Gasteiger partial charge in [0.1, 0.15) is 5.60 Å². The molecule has 0 spiro atoms. The van der Waals surface area contributed by atoms with E-state index in [1.165, 1.54) is 0 Å². The van der Waals surface area contributed by atoms with Gasteiger partial charge in [0.2, 0.25) is 5.91 Å². The van der Waals surface area contributed by atoms with Crippen LogP contribution in [0.3, 0.4) is 0 Å². The molecule has 0 aliphatic carbocycles. The molecule has 1 aromatic carbocycles. The minimum atomic E-state index is -0.610. The van der Waals surface area contributed by atoms with E-state index in [9.17, 15) is 9.59 Å². The van der Waals surface area contributed by atoms with Crippen LogP contribution in [0.5, 0.6) is 0 Å². The van der Waals surface area contributed by atoms with Crippen LogP contribution in [-0.4, -0.2) is 49.3 Å². The third-order valence-corrected chi connectivity index (χ3v) is 4.18. The molecule has 1 N–H and O–H groups in total.